The minimum absolute atomic E-state index is 0.0400. The molecule has 2 heterocycles. The molecule has 3 rings (SSSR count). The zero-order valence-electron chi connectivity index (χ0n) is 16.3. The maximum Gasteiger partial charge on any atom is 0.416 e. The van der Waals surface area contributed by atoms with E-state index in [-0.39, 0.29) is 18.3 Å². The van der Waals surface area contributed by atoms with Crippen LogP contribution in [-0.4, -0.2) is 16.0 Å². The van der Waals surface area contributed by atoms with Crippen LogP contribution in [0.5, 0.6) is 0 Å². The summed E-state index contributed by atoms with van der Waals surface area (Å²) in [6.45, 7) is 4.09. The Kier molecular flexibility index (Phi) is 6.25. The Labute approximate surface area is 167 Å². The standard InChI is InChI=1S/C22H23F4N3/c1-3-5-15(13-16(6-4-2)22(24,25)26)20-14-21-19(11-12-29(21)28-20)27-18-9-7-17(23)8-10-18/h3,5-10,13-14,19,27H,4,11-12H2,1-2H3/b5-3-,15-13+,16-6-. The summed E-state index contributed by atoms with van der Waals surface area (Å²) in [5.41, 5.74) is 1.90. The number of alkyl halides is 3. The summed E-state index contributed by atoms with van der Waals surface area (Å²) in [6.07, 6.45) is 2.32. The third-order valence-electron chi connectivity index (χ3n) is 4.69. The predicted octanol–water partition coefficient (Wildman–Crippen LogP) is 6.44. The van der Waals surface area contributed by atoms with Crippen molar-refractivity contribution in [2.45, 2.75) is 45.5 Å². The van der Waals surface area contributed by atoms with Gasteiger partial charge in [-0.15, -0.1) is 0 Å². The molecule has 1 unspecified atom stereocenters. The SMILES string of the molecule is C\C=C/C(=C\C(=C\CC)C(F)(F)F)c1cc2n(n1)CCC2Nc1ccc(F)cc1. The number of halogens is 4. The zero-order chi connectivity index (χ0) is 21.0. The lowest BCUT2D eigenvalue weighted by Gasteiger charge is -2.13. The first-order chi connectivity index (χ1) is 13.8. The molecule has 3 nitrogen and oxygen atoms in total. The molecule has 0 saturated carbocycles. The molecule has 0 spiro atoms. The number of nitrogens with one attached hydrogen (secondary N) is 1. The molecule has 0 saturated heterocycles. The third kappa shape index (κ3) is 4.96. The highest BCUT2D eigenvalue weighted by atomic mass is 19.4. The van der Waals surface area contributed by atoms with Gasteiger partial charge in [-0.2, -0.15) is 18.3 Å². The number of allylic oxidation sites excluding steroid dienone is 6. The fourth-order valence-electron chi connectivity index (χ4n) is 3.36. The Hall–Kier alpha value is -2.83. The van der Waals surface area contributed by atoms with E-state index in [4.69, 9.17) is 0 Å². The summed E-state index contributed by atoms with van der Waals surface area (Å²) >= 11 is 0. The van der Waals surface area contributed by atoms with Crippen molar-refractivity contribution in [3.8, 4) is 0 Å². The van der Waals surface area contributed by atoms with E-state index in [1.54, 1.807) is 38.1 Å². The highest BCUT2D eigenvalue weighted by molar-refractivity contribution is 5.74. The minimum atomic E-state index is -4.42. The van der Waals surface area contributed by atoms with Gasteiger partial charge in [-0.3, -0.25) is 4.68 Å². The minimum Gasteiger partial charge on any atom is -0.377 e. The van der Waals surface area contributed by atoms with E-state index in [0.29, 0.717) is 17.8 Å². The number of anilines is 1. The van der Waals surface area contributed by atoms with E-state index in [9.17, 15) is 17.6 Å². The van der Waals surface area contributed by atoms with Crippen LogP contribution in [0.4, 0.5) is 23.2 Å². The summed E-state index contributed by atoms with van der Waals surface area (Å²) in [5.74, 6) is -0.309. The van der Waals surface area contributed by atoms with Gasteiger partial charge in [0.15, 0.2) is 0 Å². The Bertz CT molecular complexity index is 934. The second-order valence-corrected chi connectivity index (χ2v) is 6.84. The molecule has 1 aliphatic heterocycles. The summed E-state index contributed by atoms with van der Waals surface area (Å²) in [5, 5.41) is 7.85. The average molecular weight is 405 g/mol. The number of aromatic nitrogens is 2. The summed E-state index contributed by atoms with van der Waals surface area (Å²) < 4.78 is 54.9. The van der Waals surface area contributed by atoms with Crippen LogP contribution in [0.15, 0.2) is 60.2 Å². The van der Waals surface area contributed by atoms with Crippen molar-refractivity contribution < 1.29 is 17.6 Å². The van der Waals surface area contributed by atoms with Gasteiger partial charge in [0.25, 0.3) is 0 Å². The van der Waals surface area contributed by atoms with Crippen molar-refractivity contribution in [1.82, 2.24) is 9.78 Å². The maximum atomic E-state index is 13.3. The average Bonchev–Trinajstić information content (AvgIpc) is 3.23. The second-order valence-electron chi connectivity index (χ2n) is 6.84. The van der Waals surface area contributed by atoms with Crippen LogP contribution >= 0.6 is 0 Å². The number of hydrogen-bond acceptors (Lipinski definition) is 2. The van der Waals surface area contributed by atoms with Crippen LogP contribution in [0, 0.1) is 5.82 Å². The first-order valence-electron chi connectivity index (χ1n) is 9.53. The van der Waals surface area contributed by atoms with Crippen LogP contribution in [-0.2, 0) is 6.54 Å². The lowest BCUT2D eigenvalue weighted by molar-refractivity contribution is -0.0883. The van der Waals surface area contributed by atoms with E-state index in [1.807, 2.05) is 10.7 Å². The van der Waals surface area contributed by atoms with Gasteiger partial charge >= 0.3 is 6.18 Å². The first-order valence-corrected chi connectivity index (χ1v) is 9.53. The molecule has 1 aliphatic rings. The maximum absolute atomic E-state index is 13.3. The van der Waals surface area contributed by atoms with Gasteiger partial charge in [0.05, 0.1) is 23.0 Å². The predicted molar refractivity (Wildman–Crippen MR) is 107 cm³/mol. The van der Waals surface area contributed by atoms with E-state index in [2.05, 4.69) is 10.4 Å². The second kappa shape index (κ2) is 8.68. The van der Waals surface area contributed by atoms with Crippen molar-refractivity contribution in [3.63, 3.8) is 0 Å². The number of rotatable bonds is 6. The number of benzene rings is 1. The lowest BCUT2D eigenvalue weighted by Crippen LogP contribution is -2.10. The highest BCUT2D eigenvalue weighted by Crippen LogP contribution is 2.34. The number of fused-ring (bicyclic) bond motifs is 1. The molecule has 1 aromatic heterocycles. The van der Waals surface area contributed by atoms with E-state index >= 15 is 0 Å². The van der Waals surface area contributed by atoms with Crippen molar-refractivity contribution in [2.75, 3.05) is 5.32 Å². The molecule has 2 aromatic rings. The quantitative estimate of drug-likeness (QED) is 0.443. The number of hydrogen-bond donors (Lipinski definition) is 1. The van der Waals surface area contributed by atoms with Gasteiger partial charge in [-0.25, -0.2) is 4.39 Å². The largest absolute Gasteiger partial charge is 0.416 e. The van der Waals surface area contributed by atoms with Crippen LogP contribution in [0.3, 0.4) is 0 Å². The van der Waals surface area contributed by atoms with Gasteiger partial charge in [-0.05, 0) is 56.2 Å². The summed E-state index contributed by atoms with van der Waals surface area (Å²) in [6, 6.07) is 7.86. The van der Waals surface area contributed by atoms with Crippen molar-refractivity contribution in [3.05, 3.63) is 77.4 Å². The van der Waals surface area contributed by atoms with Crippen LogP contribution in [0.1, 0.15) is 44.1 Å². The van der Waals surface area contributed by atoms with Gasteiger partial charge < -0.3 is 5.32 Å². The number of nitrogens with zero attached hydrogens (tertiary/aromatic N) is 2. The fraction of sp³-hybridized carbons (Fsp3) is 0.318. The molecule has 0 fully saturated rings. The first kappa shape index (κ1) is 20.9. The van der Waals surface area contributed by atoms with Crippen LogP contribution in [0.25, 0.3) is 5.57 Å². The van der Waals surface area contributed by atoms with E-state index < -0.39 is 11.7 Å². The Morgan fingerprint density at radius 1 is 1.28 bits per heavy atom. The van der Waals surface area contributed by atoms with Crippen molar-refractivity contribution >= 4 is 11.3 Å². The lowest BCUT2D eigenvalue weighted by atomic mass is 10.0. The van der Waals surface area contributed by atoms with Crippen molar-refractivity contribution in [1.29, 1.82) is 0 Å². The molecule has 0 radical (unpaired) electrons. The van der Waals surface area contributed by atoms with Crippen LogP contribution < -0.4 is 5.32 Å². The molecule has 154 valence electrons. The van der Waals surface area contributed by atoms with Gasteiger partial charge in [0.2, 0.25) is 0 Å². The molecule has 0 amide bonds. The molecular weight excluding hydrogens is 382 g/mol. The Morgan fingerprint density at radius 3 is 2.62 bits per heavy atom. The molecule has 1 N–H and O–H groups in total. The Morgan fingerprint density at radius 2 is 2.00 bits per heavy atom. The van der Waals surface area contributed by atoms with Gasteiger partial charge in [0, 0.05) is 17.8 Å². The molecule has 1 atom stereocenters. The fourth-order valence-corrected chi connectivity index (χ4v) is 3.36. The molecular formula is C22H23F4N3. The molecule has 0 aliphatic carbocycles. The zero-order valence-corrected chi connectivity index (χ0v) is 16.3. The topological polar surface area (TPSA) is 29.9 Å². The van der Waals surface area contributed by atoms with E-state index in [0.717, 1.165) is 23.9 Å². The molecule has 29 heavy (non-hydrogen) atoms. The van der Waals surface area contributed by atoms with Gasteiger partial charge in [0.1, 0.15) is 5.82 Å². The number of aryl methyl sites for hydroxylation is 1. The molecule has 1 aromatic carbocycles. The normalized spacial score (nSPS) is 17.8. The van der Waals surface area contributed by atoms with E-state index in [1.165, 1.54) is 18.2 Å². The highest BCUT2D eigenvalue weighted by Gasteiger charge is 2.32. The third-order valence-corrected chi connectivity index (χ3v) is 4.69. The Balaban J connectivity index is 1.90. The molecule has 0 bridgehead atoms. The monoisotopic (exact) mass is 405 g/mol. The summed E-state index contributed by atoms with van der Waals surface area (Å²) in [7, 11) is 0. The molecule has 7 heteroatoms. The summed E-state index contributed by atoms with van der Waals surface area (Å²) in [4.78, 5) is 0. The van der Waals surface area contributed by atoms with Crippen molar-refractivity contribution in [2.24, 2.45) is 0 Å². The van der Waals surface area contributed by atoms with Crippen LogP contribution in [0.2, 0.25) is 0 Å². The smallest absolute Gasteiger partial charge is 0.377 e. The van der Waals surface area contributed by atoms with Gasteiger partial charge in [-0.1, -0.05) is 25.2 Å².